The van der Waals surface area contributed by atoms with Crippen LogP contribution >= 0.6 is 0 Å². The molecule has 0 unspecified atom stereocenters. The van der Waals surface area contributed by atoms with Gasteiger partial charge in [0.05, 0.1) is 0 Å². The first-order chi connectivity index (χ1) is 4.77. The van der Waals surface area contributed by atoms with Crippen molar-refractivity contribution in [1.82, 2.24) is 0 Å². The summed E-state index contributed by atoms with van der Waals surface area (Å²) >= 11 is 0. The Bertz CT molecular complexity index is 178. The van der Waals surface area contributed by atoms with Gasteiger partial charge in [-0.1, -0.05) is 25.6 Å². The van der Waals surface area contributed by atoms with Crippen LogP contribution in [0.3, 0.4) is 0 Å². The third kappa shape index (κ3) is 6.15. The molecule has 0 aliphatic rings. The van der Waals surface area contributed by atoms with Crippen LogP contribution in [0.4, 0.5) is 0 Å². The van der Waals surface area contributed by atoms with E-state index in [9.17, 15) is 0 Å². The third-order valence-electron chi connectivity index (χ3n) is 1.25. The molecule has 0 rings (SSSR count). The molecule has 0 aliphatic heterocycles. The van der Waals surface area contributed by atoms with Crippen LogP contribution in [0.2, 0.25) is 19.6 Å². The van der Waals surface area contributed by atoms with Gasteiger partial charge >= 0.3 is 0 Å². The van der Waals surface area contributed by atoms with Gasteiger partial charge in [-0.3, -0.25) is 0 Å². The quantitative estimate of drug-likeness (QED) is 0.433. The van der Waals surface area contributed by atoms with E-state index in [2.05, 4.69) is 31.1 Å². The van der Waals surface area contributed by atoms with E-state index in [1.54, 1.807) is 7.11 Å². The van der Waals surface area contributed by atoms with Gasteiger partial charge < -0.3 is 4.74 Å². The van der Waals surface area contributed by atoms with Crippen molar-refractivity contribution in [2.45, 2.75) is 39.1 Å². The van der Waals surface area contributed by atoms with Crippen LogP contribution in [-0.2, 0) is 4.74 Å². The maximum absolute atomic E-state index is 5.18. The molecule has 0 fully saturated rings. The minimum absolute atomic E-state index is 0.278. The van der Waals surface area contributed by atoms with Crippen LogP contribution in [-0.4, -0.2) is 20.8 Å². The van der Waals surface area contributed by atoms with E-state index in [0.717, 1.165) is 0 Å². The summed E-state index contributed by atoms with van der Waals surface area (Å²) in [5, 5.41) is 0. The molecule has 0 aromatic carbocycles. The van der Waals surface area contributed by atoms with E-state index in [1.165, 1.54) is 0 Å². The average molecular weight is 170 g/mol. The zero-order chi connectivity index (χ0) is 9.12. The lowest BCUT2D eigenvalue weighted by atomic mass is 10.2. The summed E-state index contributed by atoms with van der Waals surface area (Å²) < 4.78 is 5.18. The zero-order valence-electron chi connectivity index (χ0n) is 8.41. The second-order valence-corrected chi connectivity index (χ2v) is 8.96. The van der Waals surface area contributed by atoms with Crippen LogP contribution in [0.5, 0.6) is 0 Å². The molecule has 0 aromatic rings. The van der Waals surface area contributed by atoms with Crippen LogP contribution in [0.25, 0.3) is 0 Å². The molecule has 0 amide bonds. The molecule has 0 radical (unpaired) electrons. The Kier molecular flexibility index (Phi) is 3.34. The van der Waals surface area contributed by atoms with Crippen molar-refractivity contribution < 1.29 is 4.74 Å². The van der Waals surface area contributed by atoms with Gasteiger partial charge in [0.2, 0.25) is 0 Å². The number of ether oxygens (including phenoxy) is 1. The SMILES string of the molecule is COC(C)(C)C#C[Si](C)(C)C. The minimum atomic E-state index is -1.22. The Hall–Kier alpha value is -0.263. The highest BCUT2D eigenvalue weighted by atomic mass is 28.3. The molecule has 0 atom stereocenters. The maximum Gasteiger partial charge on any atom is 0.129 e. The van der Waals surface area contributed by atoms with Crippen LogP contribution in [0.15, 0.2) is 0 Å². The lowest BCUT2D eigenvalue weighted by Gasteiger charge is -2.16. The Morgan fingerprint density at radius 2 is 1.64 bits per heavy atom. The summed E-state index contributed by atoms with van der Waals surface area (Å²) in [6.07, 6.45) is 0. The van der Waals surface area contributed by atoms with Gasteiger partial charge in [-0.15, -0.1) is 5.54 Å². The topological polar surface area (TPSA) is 9.23 Å². The van der Waals surface area contributed by atoms with E-state index in [0.29, 0.717) is 0 Å². The van der Waals surface area contributed by atoms with Crippen molar-refractivity contribution >= 4 is 8.07 Å². The van der Waals surface area contributed by atoms with Crippen molar-refractivity contribution in [3.05, 3.63) is 0 Å². The van der Waals surface area contributed by atoms with E-state index >= 15 is 0 Å². The van der Waals surface area contributed by atoms with Crippen molar-refractivity contribution in [3.8, 4) is 11.5 Å². The number of hydrogen-bond donors (Lipinski definition) is 0. The Morgan fingerprint density at radius 3 is 1.91 bits per heavy atom. The Morgan fingerprint density at radius 1 is 1.18 bits per heavy atom. The molecule has 0 saturated carbocycles. The number of hydrogen-bond acceptors (Lipinski definition) is 1. The fourth-order valence-corrected chi connectivity index (χ4v) is 1.07. The molecule has 11 heavy (non-hydrogen) atoms. The summed E-state index contributed by atoms with van der Waals surface area (Å²) in [5.74, 6) is 3.14. The zero-order valence-corrected chi connectivity index (χ0v) is 9.41. The first-order valence-corrected chi connectivity index (χ1v) is 7.36. The van der Waals surface area contributed by atoms with Crippen LogP contribution < -0.4 is 0 Å². The molecule has 64 valence electrons. The molecular weight excluding hydrogens is 152 g/mol. The van der Waals surface area contributed by atoms with E-state index < -0.39 is 8.07 Å². The molecule has 0 aromatic heterocycles. The molecule has 0 saturated heterocycles. The van der Waals surface area contributed by atoms with Crippen molar-refractivity contribution in [2.75, 3.05) is 7.11 Å². The minimum Gasteiger partial charge on any atom is -0.366 e. The fraction of sp³-hybridized carbons (Fsp3) is 0.778. The molecule has 0 bridgehead atoms. The van der Waals surface area contributed by atoms with Gasteiger partial charge in [0.15, 0.2) is 0 Å². The van der Waals surface area contributed by atoms with Crippen molar-refractivity contribution in [3.63, 3.8) is 0 Å². The lowest BCUT2D eigenvalue weighted by molar-refractivity contribution is 0.0742. The smallest absolute Gasteiger partial charge is 0.129 e. The van der Waals surface area contributed by atoms with Crippen LogP contribution in [0.1, 0.15) is 13.8 Å². The predicted molar refractivity (Wildman–Crippen MR) is 52.2 cm³/mol. The third-order valence-corrected chi connectivity index (χ3v) is 2.12. The van der Waals surface area contributed by atoms with Gasteiger partial charge in [-0.25, -0.2) is 0 Å². The fourth-order valence-electron chi connectivity index (χ4n) is 0.389. The van der Waals surface area contributed by atoms with Crippen molar-refractivity contribution in [1.29, 1.82) is 0 Å². The van der Waals surface area contributed by atoms with Gasteiger partial charge in [0, 0.05) is 7.11 Å². The highest BCUT2D eigenvalue weighted by molar-refractivity contribution is 6.83. The second kappa shape index (κ2) is 3.42. The van der Waals surface area contributed by atoms with Gasteiger partial charge in [0.25, 0.3) is 0 Å². The van der Waals surface area contributed by atoms with Gasteiger partial charge in [-0.05, 0) is 13.8 Å². The summed E-state index contributed by atoms with van der Waals surface area (Å²) in [6, 6.07) is 0. The van der Waals surface area contributed by atoms with E-state index in [4.69, 9.17) is 4.74 Å². The van der Waals surface area contributed by atoms with Crippen molar-refractivity contribution in [2.24, 2.45) is 0 Å². The summed E-state index contributed by atoms with van der Waals surface area (Å²) in [7, 11) is 0.469. The molecular formula is C9H18OSi. The molecule has 0 spiro atoms. The molecule has 2 heteroatoms. The molecule has 0 aliphatic carbocycles. The predicted octanol–water partition coefficient (Wildman–Crippen LogP) is 2.29. The summed E-state index contributed by atoms with van der Waals surface area (Å²) in [4.78, 5) is 0. The van der Waals surface area contributed by atoms with Gasteiger partial charge in [-0.2, -0.15) is 0 Å². The summed E-state index contributed by atoms with van der Waals surface area (Å²) in [6.45, 7) is 10.7. The lowest BCUT2D eigenvalue weighted by Crippen LogP contribution is -2.23. The molecule has 0 N–H and O–H groups in total. The van der Waals surface area contributed by atoms with Gasteiger partial charge in [0.1, 0.15) is 13.7 Å². The van der Waals surface area contributed by atoms with Crippen LogP contribution in [0, 0.1) is 11.5 Å². The monoisotopic (exact) mass is 170 g/mol. The standard InChI is InChI=1S/C9H18OSi/c1-9(2,10-3)7-8-11(4,5)6/h1-6H3. The molecule has 0 heterocycles. The highest BCUT2D eigenvalue weighted by Gasteiger charge is 2.14. The number of rotatable bonds is 1. The largest absolute Gasteiger partial charge is 0.366 e. The summed E-state index contributed by atoms with van der Waals surface area (Å²) in [5.41, 5.74) is 3.00. The Balaban J connectivity index is 4.29. The highest BCUT2D eigenvalue weighted by Crippen LogP contribution is 2.06. The Labute approximate surface area is 71.2 Å². The molecule has 1 nitrogen and oxygen atoms in total. The maximum atomic E-state index is 5.18. The first-order valence-electron chi connectivity index (χ1n) is 3.86. The normalized spacial score (nSPS) is 12.2. The second-order valence-electron chi connectivity index (χ2n) is 4.21. The first kappa shape index (κ1) is 10.7. The average Bonchev–Trinajstić information content (AvgIpc) is 1.83. The number of methoxy groups -OCH3 is 1. The van der Waals surface area contributed by atoms with E-state index in [-0.39, 0.29) is 5.60 Å². The van der Waals surface area contributed by atoms with E-state index in [1.807, 2.05) is 13.8 Å².